The van der Waals surface area contributed by atoms with Gasteiger partial charge in [0.05, 0.1) is 5.39 Å². The maximum atomic E-state index is 12.4. The first-order chi connectivity index (χ1) is 7.39. The van der Waals surface area contributed by atoms with E-state index in [2.05, 4.69) is 9.68 Å². The summed E-state index contributed by atoms with van der Waals surface area (Å²) in [5.41, 5.74) is -1.29. The Bertz CT molecular complexity index is 523. The maximum absolute atomic E-state index is 12.4. The van der Waals surface area contributed by atoms with Crippen molar-refractivity contribution in [3.63, 3.8) is 0 Å². The van der Waals surface area contributed by atoms with Crippen LogP contribution in [-0.4, -0.2) is 22.3 Å². The molecule has 16 heavy (non-hydrogen) atoms. The minimum atomic E-state index is -4.63. The highest BCUT2D eigenvalue weighted by Gasteiger charge is 2.37. The summed E-state index contributed by atoms with van der Waals surface area (Å²) in [6.07, 6.45) is -4.63. The summed E-state index contributed by atoms with van der Waals surface area (Å²) < 4.78 is 41.8. The largest absolute Gasteiger partial charge is 0.488 e. The van der Waals surface area contributed by atoms with Gasteiger partial charge in [0, 0.05) is 0 Å². The van der Waals surface area contributed by atoms with E-state index < -0.39 is 19.0 Å². The molecule has 8 heteroatoms. The summed E-state index contributed by atoms with van der Waals surface area (Å²) in [5, 5.41) is 20.3. The molecule has 0 bridgehead atoms. The van der Waals surface area contributed by atoms with Crippen molar-refractivity contribution >= 4 is 23.6 Å². The van der Waals surface area contributed by atoms with Gasteiger partial charge >= 0.3 is 13.3 Å². The number of alkyl halides is 3. The van der Waals surface area contributed by atoms with Crippen molar-refractivity contribution in [2.75, 3.05) is 0 Å². The Morgan fingerprint density at radius 3 is 2.50 bits per heavy atom. The Kier molecular flexibility index (Phi) is 2.40. The zero-order chi connectivity index (χ0) is 11.9. The van der Waals surface area contributed by atoms with E-state index >= 15 is 0 Å². The van der Waals surface area contributed by atoms with Gasteiger partial charge in [-0.05, 0) is 17.6 Å². The Morgan fingerprint density at radius 1 is 1.25 bits per heavy atom. The quantitative estimate of drug-likeness (QED) is 0.702. The molecule has 0 saturated carbocycles. The van der Waals surface area contributed by atoms with Crippen LogP contribution < -0.4 is 5.46 Å². The monoisotopic (exact) mass is 231 g/mol. The van der Waals surface area contributed by atoms with Gasteiger partial charge in [0.2, 0.25) is 0 Å². The summed E-state index contributed by atoms with van der Waals surface area (Å²) >= 11 is 0. The lowest BCUT2D eigenvalue weighted by Gasteiger charge is -2.02. The fourth-order valence-corrected chi connectivity index (χ4v) is 1.32. The number of aromatic nitrogens is 1. The summed E-state index contributed by atoms with van der Waals surface area (Å²) in [7, 11) is -1.83. The fourth-order valence-electron chi connectivity index (χ4n) is 1.32. The smallest absolute Gasteiger partial charge is 0.423 e. The van der Waals surface area contributed by atoms with E-state index in [0.29, 0.717) is 0 Å². The van der Waals surface area contributed by atoms with Crippen LogP contribution in [0.3, 0.4) is 0 Å². The van der Waals surface area contributed by atoms with Crippen molar-refractivity contribution in [2.45, 2.75) is 6.18 Å². The van der Waals surface area contributed by atoms with Gasteiger partial charge in [0.25, 0.3) is 0 Å². The van der Waals surface area contributed by atoms with Gasteiger partial charge in [-0.15, -0.1) is 0 Å². The maximum Gasteiger partial charge on any atom is 0.488 e. The van der Waals surface area contributed by atoms with Crippen LogP contribution in [0.2, 0.25) is 0 Å². The number of rotatable bonds is 1. The summed E-state index contributed by atoms with van der Waals surface area (Å²) in [6, 6.07) is 3.43. The topological polar surface area (TPSA) is 66.5 Å². The number of benzene rings is 1. The third-order valence-corrected chi connectivity index (χ3v) is 2.06. The molecule has 0 aliphatic heterocycles. The van der Waals surface area contributed by atoms with E-state index in [4.69, 9.17) is 10.0 Å². The average Bonchev–Trinajstić information content (AvgIpc) is 2.58. The van der Waals surface area contributed by atoms with Crippen LogP contribution in [0.1, 0.15) is 5.69 Å². The van der Waals surface area contributed by atoms with Gasteiger partial charge in [-0.2, -0.15) is 13.2 Å². The fraction of sp³-hybridized carbons (Fsp3) is 0.125. The predicted octanol–water partition coefficient (Wildman–Crippen LogP) is 0.526. The first-order valence-electron chi connectivity index (χ1n) is 4.22. The molecular formula is C8H5BF3NO3. The summed E-state index contributed by atoms with van der Waals surface area (Å²) in [4.78, 5) is 0. The predicted molar refractivity (Wildman–Crippen MR) is 48.8 cm³/mol. The third-order valence-electron chi connectivity index (χ3n) is 2.06. The van der Waals surface area contributed by atoms with Crippen LogP contribution in [0.25, 0.3) is 11.0 Å². The zero-order valence-electron chi connectivity index (χ0n) is 7.69. The molecule has 84 valence electrons. The number of fused-ring (bicyclic) bond motifs is 1. The molecular weight excluding hydrogens is 226 g/mol. The molecule has 0 atom stereocenters. The Balaban J connectivity index is 2.65. The highest BCUT2D eigenvalue weighted by atomic mass is 19.4. The number of hydrogen-bond donors (Lipinski definition) is 2. The molecule has 1 heterocycles. The minimum absolute atomic E-state index is 0.0544. The highest BCUT2D eigenvalue weighted by Crippen LogP contribution is 2.33. The number of hydrogen-bond acceptors (Lipinski definition) is 4. The van der Waals surface area contributed by atoms with E-state index in [1.54, 1.807) is 0 Å². The molecule has 0 aliphatic carbocycles. The normalized spacial score (nSPS) is 12.1. The molecule has 0 amide bonds. The second kappa shape index (κ2) is 3.50. The Labute approximate surface area is 87.4 Å². The van der Waals surface area contributed by atoms with Gasteiger partial charge in [-0.1, -0.05) is 11.2 Å². The van der Waals surface area contributed by atoms with E-state index in [9.17, 15) is 13.2 Å². The highest BCUT2D eigenvalue weighted by molar-refractivity contribution is 6.58. The van der Waals surface area contributed by atoms with Gasteiger partial charge in [0.1, 0.15) is 0 Å². The molecule has 1 aromatic carbocycles. The van der Waals surface area contributed by atoms with Gasteiger partial charge in [-0.25, -0.2) is 0 Å². The molecule has 0 fully saturated rings. The average molecular weight is 231 g/mol. The molecule has 0 aliphatic rings. The Morgan fingerprint density at radius 2 is 1.94 bits per heavy atom. The van der Waals surface area contributed by atoms with E-state index in [0.717, 1.165) is 6.07 Å². The molecule has 2 aromatic rings. The molecule has 0 unspecified atom stereocenters. The van der Waals surface area contributed by atoms with Crippen LogP contribution in [-0.2, 0) is 6.18 Å². The van der Waals surface area contributed by atoms with Gasteiger partial charge in [-0.3, -0.25) is 0 Å². The van der Waals surface area contributed by atoms with Crippen molar-refractivity contribution in [1.29, 1.82) is 0 Å². The number of halogens is 3. The third kappa shape index (κ3) is 1.77. The first-order valence-corrected chi connectivity index (χ1v) is 4.22. The molecule has 2 N–H and O–H groups in total. The van der Waals surface area contributed by atoms with E-state index in [1.165, 1.54) is 12.1 Å². The van der Waals surface area contributed by atoms with Gasteiger partial charge < -0.3 is 14.6 Å². The van der Waals surface area contributed by atoms with E-state index in [1.807, 2.05) is 0 Å². The molecule has 0 saturated heterocycles. The first kappa shape index (κ1) is 11.0. The van der Waals surface area contributed by atoms with Crippen molar-refractivity contribution in [1.82, 2.24) is 5.16 Å². The van der Waals surface area contributed by atoms with E-state index in [-0.39, 0.29) is 16.4 Å². The molecule has 0 radical (unpaired) electrons. The number of nitrogens with zero attached hydrogens (tertiary/aromatic N) is 1. The summed E-state index contributed by atoms with van der Waals surface area (Å²) in [6.45, 7) is 0. The molecule has 4 nitrogen and oxygen atoms in total. The van der Waals surface area contributed by atoms with Crippen LogP contribution in [0.15, 0.2) is 22.7 Å². The lowest BCUT2D eigenvalue weighted by molar-refractivity contribution is -0.141. The molecule has 0 spiro atoms. The van der Waals surface area contributed by atoms with Crippen LogP contribution in [0.5, 0.6) is 0 Å². The van der Waals surface area contributed by atoms with Crippen molar-refractivity contribution < 1.29 is 27.7 Å². The second-order valence-electron chi connectivity index (χ2n) is 3.16. The van der Waals surface area contributed by atoms with Crippen LogP contribution in [0, 0.1) is 0 Å². The van der Waals surface area contributed by atoms with Crippen molar-refractivity contribution in [3.8, 4) is 0 Å². The lowest BCUT2D eigenvalue weighted by atomic mass is 9.80. The lowest BCUT2D eigenvalue weighted by Crippen LogP contribution is -2.29. The van der Waals surface area contributed by atoms with Crippen LogP contribution >= 0.6 is 0 Å². The van der Waals surface area contributed by atoms with Crippen molar-refractivity contribution in [3.05, 3.63) is 23.9 Å². The second-order valence-corrected chi connectivity index (χ2v) is 3.16. The minimum Gasteiger partial charge on any atom is -0.423 e. The summed E-state index contributed by atoms with van der Waals surface area (Å²) in [5.74, 6) is 0. The molecule has 2 rings (SSSR count). The SMILES string of the molecule is OB(O)c1ccc2onc(C(F)(F)F)c2c1. The zero-order valence-corrected chi connectivity index (χ0v) is 7.69. The van der Waals surface area contributed by atoms with Crippen LogP contribution in [0.4, 0.5) is 13.2 Å². The molecule has 1 aromatic heterocycles. The Hall–Kier alpha value is -1.54. The van der Waals surface area contributed by atoms with Gasteiger partial charge in [0.15, 0.2) is 11.3 Å². The van der Waals surface area contributed by atoms with Crippen molar-refractivity contribution in [2.24, 2.45) is 0 Å². The standard InChI is InChI=1S/C8H5BF3NO3/c10-8(11,12)7-5-3-4(9(14)15)1-2-6(5)16-13-7/h1-3,14-15H.